The van der Waals surface area contributed by atoms with Gasteiger partial charge in [-0.25, -0.2) is 13.4 Å². The maximum absolute atomic E-state index is 12.1. The first-order chi connectivity index (χ1) is 7.43. The third kappa shape index (κ3) is 2.56. The predicted molar refractivity (Wildman–Crippen MR) is 63.1 cm³/mol. The number of imidazole rings is 1. The molecule has 92 valence electrons. The minimum atomic E-state index is -3.50. The lowest BCUT2D eigenvalue weighted by Gasteiger charge is -2.17. The van der Waals surface area contributed by atoms with E-state index in [-0.39, 0.29) is 10.9 Å². The third-order valence-electron chi connectivity index (χ3n) is 2.38. The first-order valence-corrected chi connectivity index (χ1v) is 6.97. The van der Waals surface area contributed by atoms with Crippen molar-refractivity contribution in [3.05, 3.63) is 12.0 Å². The summed E-state index contributed by atoms with van der Waals surface area (Å²) in [6.07, 6.45) is 1.52. The van der Waals surface area contributed by atoms with Crippen molar-refractivity contribution in [3.8, 4) is 0 Å². The molecule has 1 heterocycles. The lowest BCUT2D eigenvalue weighted by Crippen LogP contribution is -2.32. The van der Waals surface area contributed by atoms with Crippen LogP contribution in [0.2, 0.25) is 0 Å². The number of hydrogen-bond donors (Lipinski definition) is 0. The lowest BCUT2D eigenvalue weighted by molar-refractivity contribution is 0.444. The number of nitrogens with zero attached hydrogens (tertiary/aromatic N) is 3. The maximum Gasteiger partial charge on any atom is 0.262 e. The summed E-state index contributed by atoms with van der Waals surface area (Å²) < 4.78 is 27.2. The van der Waals surface area contributed by atoms with E-state index in [9.17, 15) is 8.42 Å². The van der Waals surface area contributed by atoms with Crippen molar-refractivity contribution >= 4 is 21.6 Å². The fourth-order valence-corrected chi connectivity index (χ4v) is 3.10. The zero-order valence-electron chi connectivity index (χ0n) is 9.64. The van der Waals surface area contributed by atoms with Crippen LogP contribution >= 0.6 is 11.6 Å². The van der Waals surface area contributed by atoms with Crippen molar-refractivity contribution in [2.45, 2.75) is 18.9 Å². The van der Waals surface area contributed by atoms with E-state index in [1.807, 2.05) is 0 Å². The molecular weight excluding hydrogens is 250 g/mol. The maximum atomic E-state index is 12.1. The van der Waals surface area contributed by atoms with Gasteiger partial charge in [0.25, 0.3) is 10.0 Å². The Morgan fingerprint density at radius 2 is 2.19 bits per heavy atom. The van der Waals surface area contributed by atoms with Crippen molar-refractivity contribution in [1.82, 2.24) is 13.9 Å². The van der Waals surface area contributed by atoms with E-state index < -0.39 is 10.0 Å². The number of aryl methyl sites for hydroxylation is 2. The molecule has 0 spiro atoms. The molecule has 0 aliphatic rings. The molecule has 0 unspecified atom stereocenters. The van der Waals surface area contributed by atoms with Crippen LogP contribution in [-0.4, -0.2) is 41.2 Å². The van der Waals surface area contributed by atoms with Gasteiger partial charge in [0.15, 0.2) is 5.03 Å². The van der Waals surface area contributed by atoms with E-state index in [2.05, 4.69) is 4.98 Å². The summed E-state index contributed by atoms with van der Waals surface area (Å²) in [7, 11) is -1.73. The van der Waals surface area contributed by atoms with Gasteiger partial charge >= 0.3 is 0 Å². The molecule has 0 fully saturated rings. The second kappa shape index (κ2) is 5.16. The van der Waals surface area contributed by atoms with Gasteiger partial charge in [0.05, 0.1) is 0 Å². The van der Waals surface area contributed by atoms with Crippen LogP contribution in [0.5, 0.6) is 0 Å². The van der Waals surface area contributed by atoms with Gasteiger partial charge in [0.2, 0.25) is 0 Å². The number of alkyl halides is 1. The highest BCUT2D eigenvalue weighted by Gasteiger charge is 2.25. The first kappa shape index (κ1) is 13.5. The largest absolute Gasteiger partial charge is 0.337 e. The van der Waals surface area contributed by atoms with Gasteiger partial charge in [-0.3, -0.25) is 0 Å². The van der Waals surface area contributed by atoms with E-state index in [1.54, 1.807) is 25.5 Å². The Bertz CT molecular complexity index is 436. The van der Waals surface area contributed by atoms with Crippen LogP contribution in [0.3, 0.4) is 0 Å². The SMILES string of the molecule is CCN(CCCl)S(=O)(=O)c1cn(C)c(C)n1. The van der Waals surface area contributed by atoms with Gasteiger partial charge < -0.3 is 4.57 Å². The topological polar surface area (TPSA) is 55.2 Å². The van der Waals surface area contributed by atoms with Crippen LogP contribution in [0.25, 0.3) is 0 Å². The average Bonchev–Trinajstić information content (AvgIpc) is 2.56. The van der Waals surface area contributed by atoms with Crippen LogP contribution < -0.4 is 0 Å². The molecule has 0 atom stereocenters. The van der Waals surface area contributed by atoms with Crippen molar-refractivity contribution < 1.29 is 8.42 Å². The molecule has 1 aromatic heterocycles. The van der Waals surface area contributed by atoms with Crippen LogP contribution in [0.1, 0.15) is 12.7 Å². The minimum Gasteiger partial charge on any atom is -0.337 e. The number of halogens is 1. The molecule has 0 saturated heterocycles. The summed E-state index contributed by atoms with van der Waals surface area (Å²) in [6.45, 7) is 4.23. The fraction of sp³-hybridized carbons (Fsp3) is 0.667. The molecule has 1 aromatic rings. The number of rotatable bonds is 5. The van der Waals surface area contributed by atoms with Crippen molar-refractivity contribution in [3.63, 3.8) is 0 Å². The highest BCUT2D eigenvalue weighted by molar-refractivity contribution is 7.89. The Morgan fingerprint density at radius 1 is 1.56 bits per heavy atom. The molecule has 0 saturated carbocycles. The first-order valence-electron chi connectivity index (χ1n) is 4.99. The standard InChI is InChI=1S/C9H16ClN3O2S/c1-4-13(6-5-10)16(14,15)9-7-12(3)8(2)11-9/h7H,4-6H2,1-3H3. The molecule has 0 aromatic carbocycles. The van der Waals surface area contributed by atoms with Crippen LogP contribution in [0.4, 0.5) is 0 Å². The number of hydrogen-bond acceptors (Lipinski definition) is 3. The third-order valence-corrected chi connectivity index (χ3v) is 4.39. The molecular formula is C9H16ClN3O2S. The molecule has 0 aliphatic carbocycles. The summed E-state index contributed by atoms with van der Waals surface area (Å²) in [5, 5.41) is 0.0828. The van der Waals surface area contributed by atoms with Crippen molar-refractivity contribution in [2.75, 3.05) is 19.0 Å². The number of sulfonamides is 1. The zero-order valence-corrected chi connectivity index (χ0v) is 11.2. The van der Waals surface area contributed by atoms with Gasteiger partial charge in [-0.2, -0.15) is 4.31 Å². The van der Waals surface area contributed by atoms with Crippen molar-refractivity contribution in [1.29, 1.82) is 0 Å². The second-order valence-electron chi connectivity index (χ2n) is 3.42. The second-order valence-corrected chi connectivity index (χ2v) is 5.69. The Balaban J connectivity index is 3.09. The molecule has 5 nitrogen and oxygen atoms in total. The fourth-order valence-electron chi connectivity index (χ4n) is 1.33. The van der Waals surface area contributed by atoms with Gasteiger partial charge in [-0.05, 0) is 6.92 Å². The quantitative estimate of drug-likeness (QED) is 0.746. The Kier molecular flexibility index (Phi) is 4.35. The molecule has 0 amide bonds. The van der Waals surface area contributed by atoms with Crippen LogP contribution in [-0.2, 0) is 17.1 Å². The summed E-state index contributed by atoms with van der Waals surface area (Å²) in [5.41, 5.74) is 0. The van der Waals surface area contributed by atoms with E-state index in [1.165, 1.54) is 10.5 Å². The lowest BCUT2D eigenvalue weighted by atomic mass is 10.7. The summed E-state index contributed by atoms with van der Waals surface area (Å²) >= 11 is 5.57. The Morgan fingerprint density at radius 3 is 2.56 bits per heavy atom. The van der Waals surface area contributed by atoms with E-state index in [0.29, 0.717) is 18.9 Å². The molecule has 0 bridgehead atoms. The molecule has 0 radical (unpaired) electrons. The highest BCUT2D eigenvalue weighted by Crippen LogP contribution is 2.14. The normalized spacial score (nSPS) is 12.3. The molecule has 7 heteroatoms. The van der Waals surface area contributed by atoms with Gasteiger partial charge in [-0.15, -0.1) is 11.6 Å². The van der Waals surface area contributed by atoms with E-state index in [4.69, 9.17) is 11.6 Å². The average molecular weight is 266 g/mol. The van der Waals surface area contributed by atoms with Crippen LogP contribution in [0.15, 0.2) is 11.2 Å². The summed E-state index contributed by atoms with van der Waals surface area (Å²) in [4.78, 5) is 4.02. The Labute approximate surface area is 101 Å². The monoisotopic (exact) mass is 265 g/mol. The summed E-state index contributed by atoms with van der Waals surface area (Å²) in [5.74, 6) is 0.944. The summed E-state index contributed by atoms with van der Waals surface area (Å²) in [6, 6.07) is 0. The van der Waals surface area contributed by atoms with E-state index in [0.717, 1.165) is 0 Å². The van der Waals surface area contributed by atoms with Gasteiger partial charge in [0.1, 0.15) is 5.82 Å². The molecule has 16 heavy (non-hydrogen) atoms. The predicted octanol–water partition coefficient (Wildman–Crippen LogP) is 0.978. The highest BCUT2D eigenvalue weighted by atomic mass is 35.5. The van der Waals surface area contributed by atoms with Crippen LogP contribution in [0, 0.1) is 6.92 Å². The molecule has 0 aliphatic heterocycles. The van der Waals surface area contributed by atoms with Gasteiger partial charge in [0, 0.05) is 32.2 Å². The molecule has 1 rings (SSSR count). The smallest absolute Gasteiger partial charge is 0.262 e. The molecule has 0 N–H and O–H groups in total. The Hall–Kier alpha value is -0.590. The zero-order chi connectivity index (χ0) is 12.3. The van der Waals surface area contributed by atoms with E-state index >= 15 is 0 Å². The number of aromatic nitrogens is 2. The van der Waals surface area contributed by atoms with Gasteiger partial charge in [-0.1, -0.05) is 6.92 Å². The van der Waals surface area contributed by atoms with Crippen molar-refractivity contribution in [2.24, 2.45) is 7.05 Å². The minimum absolute atomic E-state index is 0.0828.